The second-order valence-corrected chi connectivity index (χ2v) is 5.41. The molecule has 0 spiro atoms. The summed E-state index contributed by atoms with van der Waals surface area (Å²) >= 11 is 0. The summed E-state index contributed by atoms with van der Waals surface area (Å²) in [7, 11) is 0. The molecule has 5 heteroatoms. The first-order valence-electron chi connectivity index (χ1n) is 6.83. The molecule has 1 aliphatic rings. The van der Waals surface area contributed by atoms with Crippen LogP contribution in [0.25, 0.3) is 0 Å². The normalized spacial score (nSPS) is 15.5. The zero-order chi connectivity index (χ0) is 15.0. The molecule has 1 aromatic carbocycles. The summed E-state index contributed by atoms with van der Waals surface area (Å²) in [6, 6.07) is 9.60. The number of carbonyl (C=O) groups is 2. The molecule has 2 aromatic rings. The lowest BCUT2D eigenvalue weighted by Crippen LogP contribution is -2.28. The smallest absolute Gasteiger partial charge is 0.339 e. The first-order chi connectivity index (χ1) is 10.0. The van der Waals surface area contributed by atoms with Crippen molar-refractivity contribution in [1.82, 2.24) is 4.98 Å². The van der Waals surface area contributed by atoms with Gasteiger partial charge in [-0.05, 0) is 25.3 Å². The van der Waals surface area contributed by atoms with Crippen molar-refractivity contribution in [3.8, 4) is 0 Å². The van der Waals surface area contributed by atoms with Crippen LogP contribution in [0.2, 0.25) is 0 Å². The van der Waals surface area contributed by atoms with Gasteiger partial charge in [0.25, 0.3) is 0 Å². The summed E-state index contributed by atoms with van der Waals surface area (Å²) in [4.78, 5) is 26.7. The van der Waals surface area contributed by atoms with Gasteiger partial charge in [0, 0.05) is 11.9 Å². The molecule has 0 aliphatic heterocycles. The van der Waals surface area contributed by atoms with Crippen LogP contribution in [0, 0.1) is 6.92 Å². The van der Waals surface area contributed by atoms with Gasteiger partial charge in [0.05, 0.1) is 11.1 Å². The number of hydrogen-bond donors (Lipinski definition) is 3. The number of carboxylic acid groups (broad SMARTS) is 1. The number of nitrogens with one attached hydrogen (secondary N) is 2. The standard InChI is InChI=1S/C16H16N2O3/c1-10-13(14(19)20)12(9-17-10)18-15(21)16(7-8-16)11-5-3-2-4-6-11/h2-6,9,17H,7-8H2,1H3,(H,18,21)(H,19,20). The highest BCUT2D eigenvalue weighted by atomic mass is 16.4. The molecule has 1 aromatic heterocycles. The number of carboxylic acids is 1. The number of benzene rings is 1. The van der Waals surface area contributed by atoms with E-state index < -0.39 is 11.4 Å². The molecule has 1 fully saturated rings. The summed E-state index contributed by atoms with van der Waals surface area (Å²) in [5, 5.41) is 12.0. The van der Waals surface area contributed by atoms with Crippen LogP contribution in [0.5, 0.6) is 0 Å². The van der Waals surface area contributed by atoms with Crippen LogP contribution in [0.1, 0.15) is 34.5 Å². The highest BCUT2D eigenvalue weighted by molar-refractivity contribution is 6.06. The number of carbonyl (C=O) groups excluding carboxylic acids is 1. The van der Waals surface area contributed by atoms with E-state index in [9.17, 15) is 14.7 Å². The molecule has 1 heterocycles. The van der Waals surface area contributed by atoms with Crippen LogP contribution in [-0.2, 0) is 10.2 Å². The molecule has 0 atom stereocenters. The fourth-order valence-electron chi connectivity index (χ4n) is 2.67. The van der Waals surface area contributed by atoms with Gasteiger partial charge in [-0.1, -0.05) is 30.3 Å². The van der Waals surface area contributed by atoms with E-state index in [0.717, 1.165) is 18.4 Å². The zero-order valence-electron chi connectivity index (χ0n) is 11.6. The van der Waals surface area contributed by atoms with Crippen molar-refractivity contribution in [1.29, 1.82) is 0 Å². The molecule has 108 valence electrons. The van der Waals surface area contributed by atoms with Crippen molar-refractivity contribution in [2.75, 3.05) is 5.32 Å². The van der Waals surface area contributed by atoms with Crippen LogP contribution in [0.3, 0.4) is 0 Å². The number of aromatic nitrogens is 1. The summed E-state index contributed by atoms with van der Waals surface area (Å²) < 4.78 is 0. The number of hydrogen-bond acceptors (Lipinski definition) is 2. The molecule has 3 rings (SSSR count). The maximum atomic E-state index is 12.6. The van der Waals surface area contributed by atoms with Crippen LogP contribution in [0.4, 0.5) is 5.69 Å². The SMILES string of the molecule is Cc1[nH]cc(NC(=O)C2(c3ccccc3)CC2)c1C(=O)O. The quantitative estimate of drug-likeness (QED) is 0.807. The number of amides is 1. The molecule has 0 radical (unpaired) electrons. The Morgan fingerprint density at radius 2 is 1.90 bits per heavy atom. The van der Waals surface area contributed by atoms with Crippen molar-refractivity contribution in [3.63, 3.8) is 0 Å². The summed E-state index contributed by atoms with van der Waals surface area (Å²) in [6.45, 7) is 1.67. The van der Waals surface area contributed by atoms with Crippen LogP contribution in [0.15, 0.2) is 36.5 Å². The summed E-state index contributed by atoms with van der Waals surface area (Å²) in [5.74, 6) is -1.19. The van der Waals surface area contributed by atoms with E-state index >= 15 is 0 Å². The first kappa shape index (κ1) is 13.4. The van der Waals surface area contributed by atoms with E-state index in [0.29, 0.717) is 11.4 Å². The largest absolute Gasteiger partial charge is 0.478 e. The molecule has 1 aliphatic carbocycles. The summed E-state index contributed by atoms with van der Waals surface area (Å²) in [6.07, 6.45) is 3.10. The second kappa shape index (κ2) is 4.77. The Balaban J connectivity index is 1.87. The van der Waals surface area contributed by atoms with Crippen molar-refractivity contribution < 1.29 is 14.7 Å². The van der Waals surface area contributed by atoms with Gasteiger partial charge in [0.1, 0.15) is 5.56 Å². The molecule has 5 nitrogen and oxygen atoms in total. The highest BCUT2D eigenvalue weighted by Gasteiger charge is 2.51. The molecule has 21 heavy (non-hydrogen) atoms. The van der Waals surface area contributed by atoms with Gasteiger partial charge < -0.3 is 15.4 Å². The minimum absolute atomic E-state index is 0.118. The lowest BCUT2D eigenvalue weighted by Gasteiger charge is -2.15. The Kier molecular flexibility index (Phi) is 3.05. The Hall–Kier alpha value is -2.56. The maximum Gasteiger partial charge on any atom is 0.339 e. The number of aromatic amines is 1. The third kappa shape index (κ3) is 2.20. The fourth-order valence-corrected chi connectivity index (χ4v) is 2.67. The topological polar surface area (TPSA) is 82.2 Å². The third-order valence-corrected chi connectivity index (χ3v) is 4.05. The number of aryl methyl sites for hydroxylation is 1. The number of anilines is 1. The molecule has 1 saturated carbocycles. The summed E-state index contributed by atoms with van der Waals surface area (Å²) in [5.41, 5.74) is 1.44. The van der Waals surface area contributed by atoms with E-state index in [2.05, 4.69) is 10.3 Å². The van der Waals surface area contributed by atoms with Gasteiger partial charge in [0.15, 0.2) is 0 Å². The predicted molar refractivity (Wildman–Crippen MR) is 78.5 cm³/mol. The molecule has 0 unspecified atom stereocenters. The minimum Gasteiger partial charge on any atom is -0.478 e. The maximum absolute atomic E-state index is 12.6. The van der Waals surface area contributed by atoms with Gasteiger partial charge in [0.2, 0.25) is 5.91 Å². The average Bonchev–Trinajstić information content (AvgIpc) is 3.20. The first-order valence-corrected chi connectivity index (χ1v) is 6.83. The van der Waals surface area contributed by atoms with E-state index in [1.165, 1.54) is 6.20 Å². The minimum atomic E-state index is -1.05. The van der Waals surface area contributed by atoms with Crippen LogP contribution in [-0.4, -0.2) is 22.0 Å². The van der Waals surface area contributed by atoms with Gasteiger partial charge in [-0.2, -0.15) is 0 Å². The lowest BCUT2D eigenvalue weighted by atomic mass is 9.95. The molecule has 0 saturated heterocycles. The van der Waals surface area contributed by atoms with E-state index in [4.69, 9.17) is 0 Å². The van der Waals surface area contributed by atoms with E-state index in [1.54, 1.807) is 6.92 Å². The van der Waals surface area contributed by atoms with E-state index in [1.807, 2.05) is 30.3 Å². The lowest BCUT2D eigenvalue weighted by molar-refractivity contribution is -0.118. The molecule has 3 N–H and O–H groups in total. The highest BCUT2D eigenvalue weighted by Crippen LogP contribution is 2.49. The number of H-pyrrole nitrogens is 1. The number of aromatic carboxylic acids is 1. The zero-order valence-corrected chi connectivity index (χ0v) is 11.6. The van der Waals surface area contributed by atoms with Crippen molar-refractivity contribution >= 4 is 17.6 Å². The van der Waals surface area contributed by atoms with Gasteiger partial charge in [-0.25, -0.2) is 4.79 Å². The molecular formula is C16H16N2O3. The number of rotatable bonds is 4. The van der Waals surface area contributed by atoms with Gasteiger partial charge in [-0.3, -0.25) is 4.79 Å². The Morgan fingerprint density at radius 3 is 2.48 bits per heavy atom. The predicted octanol–water partition coefficient (Wildman–Crippen LogP) is 2.69. The van der Waals surface area contributed by atoms with Crippen molar-refractivity contribution in [2.45, 2.75) is 25.2 Å². The molecule has 1 amide bonds. The third-order valence-electron chi connectivity index (χ3n) is 4.05. The Morgan fingerprint density at radius 1 is 1.24 bits per heavy atom. The van der Waals surface area contributed by atoms with Gasteiger partial charge in [-0.15, -0.1) is 0 Å². The Bertz CT molecular complexity index is 700. The Labute approximate surface area is 122 Å². The monoisotopic (exact) mass is 284 g/mol. The second-order valence-electron chi connectivity index (χ2n) is 5.41. The van der Waals surface area contributed by atoms with E-state index in [-0.39, 0.29) is 11.5 Å². The van der Waals surface area contributed by atoms with Gasteiger partial charge >= 0.3 is 5.97 Å². The van der Waals surface area contributed by atoms with Crippen molar-refractivity contribution in [2.24, 2.45) is 0 Å². The average molecular weight is 284 g/mol. The van der Waals surface area contributed by atoms with Crippen LogP contribution >= 0.6 is 0 Å². The van der Waals surface area contributed by atoms with Crippen LogP contribution < -0.4 is 5.32 Å². The molecular weight excluding hydrogens is 268 g/mol. The molecule has 0 bridgehead atoms. The fraction of sp³-hybridized carbons (Fsp3) is 0.250. The van der Waals surface area contributed by atoms with Crippen molar-refractivity contribution in [3.05, 3.63) is 53.3 Å².